The number of benzene rings is 3. The Labute approximate surface area is 214 Å². The molecule has 3 aromatic carbocycles. The summed E-state index contributed by atoms with van der Waals surface area (Å²) >= 11 is 1.75. The van der Waals surface area contributed by atoms with Crippen molar-refractivity contribution >= 4 is 33.9 Å². The summed E-state index contributed by atoms with van der Waals surface area (Å²) in [4.78, 5) is 32.8. The molecule has 2 heterocycles. The summed E-state index contributed by atoms with van der Waals surface area (Å²) in [5.41, 5.74) is 2.91. The van der Waals surface area contributed by atoms with E-state index in [1.54, 1.807) is 23.3 Å². The van der Waals surface area contributed by atoms with Gasteiger partial charge in [0.05, 0.1) is 13.2 Å². The molecule has 1 fully saturated rings. The van der Waals surface area contributed by atoms with Gasteiger partial charge in [0.25, 0.3) is 5.91 Å². The van der Waals surface area contributed by atoms with Gasteiger partial charge in [-0.15, -0.1) is 11.3 Å². The fourth-order valence-corrected chi connectivity index (χ4v) is 6.19. The number of rotatable bonds is 6. The average Bonchev–Trinajstić information content (AvgIpc) is 3.66. The molecule has 0 radical (unpaired) electrons. The highest BCUT2D eigenvalue weighted by Crippen LogP contribution is 2.39. The molecule has 182 valence electrons. The highest BCUT2D eigenvalue weighted by molar-refractivity contribution is 7.10. The molecule has 36 heavy (non-hydrogen) atoms. The number of ether oxygens (including phenoxy) is 1. The van der Waals surface area contributed by atoms with Crippen molar-refractivity contribution in [2.45, 2.75) is 31.3 Å². The number of thiophene rings is 1. The van der Waals surface area contributed by atoms with Gasteiger partial charge in [0.1, 0.15) is 12.3 Å². The number of carbonyl (C=O) groups is 2. The van der Waals surface area contributed by atoms with E-state index in [0.29, 0.717) is 12.1 Å². The van der Waals surface area contributed by atoms with Gasteiger partial charge in [-0.1, -0.05) is 48.5 Å². The molecule has 4 aromatic rings. The third-order valence-corrected chi connectivity index (χ3v) is 8.29. The molecule has 0 saturated heterocycles. The van der Waals surface area contributed by atoms with Gasteiger partial charge in [-0.2, -0.15) is 0 Å². The third-order valence-electron chi connectivity index (χ3n) is 7.29. The molecule has 6 rings (SSSR count). The smallest absolute Gasteiger partial charge is 0.255 e. The van der Waals surface area contributed by atoms with Crippen LogP contribution in [0.2, 0.25) is 0 Å². The van der Waals surface area contributed by atoms with E-state index in [4.69, 9.17) is 4.74 Å². The van der Waals surface area contributed by atoms with E-state index in [1.807, 2.05) is 71.6 Å². The van der Waals surface area contributed by atoms with Crippen LogP contribution in [0.3, 0.4) is 0 Å². The van der Waals surface area contributed by atoms with E-state index < -0.39 is 0 Å². The first-order chi connectivity index (χ1) is 17.6. The van der Waals surface area contributed by atoms with Crippen LogP contribution >= 0.6 is 11.3 Å². The van der Waals surface area contributed by atoms with E-state index in [2.05, 4.69) is 11.4 Å². The second-order valence-electron chi connectivity index (χ2n) is 9.50. The standard InChI is InChI=1S/C30H28N2O3S/c1-35-23-13-9-21(10-14-23)29-26-16-18-36-27(26)15-17-31(29)28(33)19-32(22-11-12-22)30(34)25-8-4-6-20-5-2-3-7-24(20)25/h2-10,13-14,16,18,22,29H,11-12,15,17,19H2,1H3. The summed E-state index contributed by atoms with van der Waals surface area (Å²) in [6.07, 6.45) is 2.73. The largest absolute Gasteiger partial charge is 0.497 e. The number of hydrogen-bond donors (Lipinski definition) is 0. The number of amides is 2. The fourth-order valence-electron chi connectivity index (χ4n) is 5.29. The highest BCUT2D eigenvalue weighted by Gasteiger charge is 2.38. The predicted molar refractivity (Wildman–Crippen MR) is 143 cm³/mol. The van der Waals surface area contributed by atoms with Crippen LogP contribution in [0.1, 0.15) is 45.2 Å². The van der Waals surface area contributed by atoms with Gasteiger partial charge in [0, 0.05) is 23.0 Å². The van der Waals surface area contributed by atoms with Crippen molar-refractivity contribution in [1.29, 1.82) is 0 Å². The minimum Gasteiger partial charge on any atom is -0.497 e. The summed E-state index contributed by atoms with van der Waals surface area (Å²) in [6.45, 7) is 0.739. The molecule has 0 bridgehead atoms. The fraction of sp³-hybridized carbons (Fsp3) is 0.267. The number of hydrogen-bond acceptors (Lipinski definition) is 4. The Balaban J connectivity index is 1.31. The Hall–Kier alpha value is -3.64. The quantitative estimate of drug-likeness (QED) is 0.345. The maximum absolute atomic E-state index is 13.9. The van der Waals surface area contributed by atoms with Crippen LogP contribution in [0.5, 0.6) is 5.75 Å². The normalized spacial score (nSPS) is 17.0. The molecule has 1 unspecified atom stereocenters. The minimum absolute atomic E-state index is 0.00634. The van der Waals surface area contributed by atoms with Crippen molar-refractivity contribution in [3.8, 4) is 5.75 Å². The molecule has 1 aromatic heterocycles. The Morgan fingerprint density at radius 1 is 1.00 bits per heavy atom. The molecule has 1 aliphatic carbocycles. The van der Waals surface area contributed by atoms with Crippen molar-refractivity contribution in [1.82, 2.24) is 9.80 Å². The Morgan fingerprint density at radius 2 is 1.78 bits per heavy atom. The molecular formula is C30H28N2O3S. The molecule has 1 aliphatic heterocycles. The molecule has 2 amide bonds. The second-order valence-corrected chi connectivity index (χ2v) is 10.5. The number of nitrogens with zero attached hydrogens (tertiary/aromatic N) is 2. The van der Waals surface area contributed by atoms with E-state index in [9.17, 15) is 9.59 Å². The van der Waals surface area contributed by atoms with Gasteiger partial charge >= 0.3 is 0 Å². The van der Waals surface area contributed by atoms with Gasteiger partial charge in [-0.3, -0.25) is 9.59 Å². The van der Waals surface area contributed by atoms with E-state index in [1.165, 1.54) is 10.4 Å². The SMILES string of the molecule is COc1ccc(C2c3ccsc3CCN2C(=O)CN(C(=O)c2cccc3ccccc23)C2CC2)cc1. The maximum atomic E-state index is 13.9. The van der Waals surface area contributed by atoms with Crippen molar-refractivity contribution in [3.63, 3.8) is 0 Å². The molecule has 1 saturated carbocycles. The lowest BCUT2D eigenvalue weighted by atomic mass is 9.93. The van der Waals surface area contributed by atoms with Crippen LogP contribution in [0, 0.1) is 0 Å². The molecule has 2 aliphatic rings. The summed E-state index contributed by atoms with van der Waals surface area (Å²) in [6, 6.07) is 23.8. The lowest BCUT2D eigenvalue weighted by molar-refractivity contribution is -0.134. The molecular weight excluding hydrogens is 468 g/mol. The lowest BCUT2D eigenvalue weighted by Crippen LogP contribution is -2.47. The van der Waals surface area contributed by atoms with Crippen LogP contribution in [-0.2, 0) is 11.2 Å². The minimum atomic E-state index is -0.160. The van der Waals surface area contributed by atoms with Gasteiger partial charge in [-0.25, -0.2) is 0 Å². The first-order valence-electron chi connectivity index (χ1n) is 12.4. The average molecular weight is 497 g/mol. The lowest BCUT2D eigenvalue weighted by Gasteiger charge is -2.37. The molecule has 0 N–H and O–H groups in total. The van der Waals surface area contributed by atoms with Gasteiger partial charge in [0.15, 0.2) is 0 Å². The summed E-state index contributed by atoms with van der Waals surface area (Å²) in [5.74, 6) is 0.726. The second kappa shape index (κ2) is 9.43. The Bertz CT molecular complexity index is 1420. The molecule has 0 spiro atoms. The predicted octanol–water partition coefficient (Wildman–Crippen LogP) is 5.69. The van der Waals surface area contributed by atoms with Crippen LogP contribution in [-0.4, -0.2) is 47.9 Å². The van der Waals surface area contributed by atoms with Gasteiger partial charge < -0.3 is 14.5 Å². The number of fused-ring (bicyclic) bond motifs is 2. The van der Waals surface area contributed by atoms with Crippen LogP contribution in [0.4, 0.5) is 0 Å². The van der Waals surface area contributed by atoms with Crippen molar-refractivity contribution in [2.75, 3.05) is 20.2 Å². The summed E-state index contributed by atoms with van der Waals surface area (Å²) < 4.78 is 5.35. The van der Waals surface area contributed by atoms with Crippen molar-refractivity contribution in [2.24, 2.45) is 0 Å². The molecule has 6 heteroatoms. The van der Waals surface area contributed by atoms with E-state index in [-0.39, 0.29) is 30.4 Å². The van der Waals surface area contributed by atoms with Crippen molar-refractivity contribution in [3.05, 3.63) is 99.7 Å². The van der Waals surface area contributed by atoms with Gasteiger partial charge in [-0.05, 0) is 70.8 Å². The zero-order valence-electron chi connectivity index (χ0n) is 20.2. The number of carbonyl (C=O) groups excluding carboxylic acids is 2. The monoisotopic (exact) mass is 496 g/mol. The first kappa shape index (κ1) is 22.8. The molecule has 1 atom stereocenters. The summed E-state index contributed by atoms with van der Waals surface area (Å²) in [7, 11) is 1.65. The Kier molecular flexibility index (Phi) is 5.97. The van der Waals surface area contributed by atoms with E-state index >= 15 is 0 Å². The Morgan fingerprint density at radius 3 is 2.56 bits per heavy atom. The summed E-state index contributed by atoms with van der Waals surface area (Å²) in [5, 5.41) is 4.07. The topological polar surface area (TPSA) is 49.9 Å². The van der Waals surface area contributed by atoms with Crippen molar-refractivity contribution < 1.29 is 14.3 Å². The van der Waals surface area contributed by atoms with Gasteiger partial charge in [0.2, 0.25) is 5.91 Å². The van der Waals surface area contributed by atoms with Crippen LogP contribution in [0.25, 0.3) is 10.8 Å². The first-order valence-corrected chi connectivity index (χ1v) is 13.3. The zero-order valence-corrected chi connectivity index (χ0v) is 21.0. The maximum Gasteiger partial charge on any atom is 0.255 e. The molecule has 5 nitrogen and oxygen atoms in total. The number of methoxy groups -OCH3 is 1. The van der Waals surface area contributed by atoms with E-state index in [0.717, 1.165) is 41.3 Å². The third kappa shape index (κ3) is 4.16. The van der Waals surface area contributed by atoms with Crippen LogP contribution in [0.15, 0.2) is 78.2 Å². The van der Waals surface area contributed by atoms with Crippen LogP contribution < -0.4 is 4.74 Å². The highest BCUT2D eigenvalue weighted by atomic mass is 32.1. The zero-order chi connectivity index (χ0) is 24.6.